The molecule has 6 heteroatoms. The number of aliphatic hydroxyl groups excluding tert-OH is 1. The van der Waals surface area contributed by atoms with Gasteiger partial charge in [0.1, 0.15) is 0 Å². The second-order valence-electron chi connectivity index (χ2n) is 10.1. The van der Waals surface area contributed by atoms with Crippen molar-refractivity contribution < 1.29 is 19.4 Å². The van der Waals surface area contributed by atoms with Gasteiger partial charge in [-0.15, -0.1) is 0 Å². The van der Waals surface area contributed by atoms with E-state index in [9.17, 15) is 9.90 Å². The lowest BCUT2D eigenvalue weighted by molar-refractivity contribution is -0.0606. The molecule has 36 heavy (non-hydrogen) atoms. The quantitative estimate of drug-likeness (QED) is 0.593. The fourth-order valence-electron chi connectivity index (χ4n) is 6.06. The highest BCUT2D eigenvalue weighted by molar-refractivity contribution is 5.95. The van der Waals surface area contributed by atoms with Gasteiger partial charge in [-0.2, -0.15) is 0 Å². The van der Waals surface area contributed by atoms with Crippen LogP contribution in [0.4, 0.5) is 0 Å². The van der Waals surface area contributed by atoms with Crippen LogP contribution >= 0.6 is 0 Å². The van der Waals surface area contributed by atoms with Crippen LogP contribution in [0.1, 0.15) is 40.2 Å². The number of aryl methyl sites for hydroxylation is 1. The molecule has 3 aliphatic rings. The second kappa shape index (κ2) is 9.60. The van der Waals surface area contributed by atoms with Crippen LogP contribution in [-0.2, 0) is 0 Å². The standard InChI is InChI=1S/C30H32N2O4/c1-20-5-4-6-23(15-20)21-7-9-22(10-8-21)29-25-17-31(13-2-3-14-32(25)26(29)18-33)30(34)24-11-12-27-28(16-24)36-19-35-27/h4-12,15-16,25-26,29,33H,2-3,13-14,17-19H2,1H3/t25-,26+,29+/m1/s1. The van der Waals surface area contributed by atoms with Crippen LogP contribution in [0.15, 0.2) is 66.7 Å². The maximum Gasteiger partial charge on any atom is 0.254 e. The molecule has 2 saturated heterocycles. The van der Waals surface area contributed by atoms with Gasteiger partial charge in [0, 0.05) is 36.7 Å². The van der Waals surface area contributed by atoms with Crippen LogP contribution in [0.25, 0.3) is 11.1 Å². The lowest BCUT2D eigenvalue weighted by Crippen LogP contribution is -2.67. The minimum absolute atomic E-state index is 0.0242. The summed E-state index contributed by atoms with van der Waals surface area (Å²) in [4.78, 5) is 17.9. The fraction of sp³-hybridized carbons (Fsp3) is 0.367. The summed E-state index contributed by atoms with van der Waals surface area (Å²) in [5.74, 6) is 1.53. The number of benzene rings is 3. The summed E-state index contributed by atoms with van der Waals surface area (Å²) < 4.78 is 10.9. The Balaban J connectivity index is 1.24. The Bertz CT molecular complexity index is 1260. The zero-order valence-corrected chi connectivity index (χ0v) is 20.6. The minimum Gasteiger partial charge on any atom is -0.454 e. The molecule has 3 heterocycles. The van der Waals surface area contributed by atoms with E-state index in [-0.39, 0.29) is 37.3 Å². The van der Waals surface area contributed by atoms with Crippen molar-refractivity contribution in [3.8, 4) is 22.6 Å². The van der Waals surface area contributed by atoms with Crippen molar-refractivity contribution in [3.63, 3.8) is 0 Å². The van der Waals surface area contributed by atoms with Gasteiger partial charge in [0.25, 0.3) is 5.91 Å². The van der Waals surface area contributed by atoms with Crippen molar-refractivity contribution in [2.45, 2.75) is 37.8 Å². The van der Waals surface area contributed by atoms with Crippen LogP contribution in [-0.4, -0.2) is 65.9 Å². The van der Waals surface area contributed by atoms with Crippen molar-refractivity contribution in [2.75, 3.05) is 33.0 Å². The Kier molecular flexibility index (Phi) is 6.15. The SMILES string of the molecule is Cc1cccc(-c2ccc([C@H]3[C@H]4CN(C(=O)c5ccc6c(c5)OCO6)CCCCN4[C@H]3CO)cc2)c1. The highest BCUT2D eigenvalue weighted by Gasteiger charge is 2.49. The highest BCUT2D eigenvalue weighted by Crippen LogP contribution is 2.42. The van der Waals surface area contributed by atoms with Crippen LogP contribution in [0.2, 0.25) is 0 Å². The maximum absolute atomic E-state index is 13.5. The molecule has 186 valence electrons. The number of hydrogen-bond acceptors (Lipinski definition) is 5. The first-order valence-corrected chi connectivity index (χ1v) is 12.8. The van der Waals surface area contributed by atoms with Crippen molar-refractivity contribution in [3.05, 3.63) is 83.4 Å². The molecule has 1 amide bonds. The van der Waals surface area contributed by atoms with E-state index in [1.807, 2.05) is 17.0 Å². The third-order valence-corrected chi connectivity index (χ3v) is 7.92. The Morgan fingerprint density at radius 2 is 1.75 bits per heavy atom. The summed E-state index contributed by atoms with van der Waals surface area (Å²) in [5.41, 5.74) is 5.50. The van der Waals surface area contributed by atoms with Gasteiger partial charge >= 0.3 is 0 Å². The Morgan fingerprint density at radius 1 is 0.944 bits per heavy atom. The van der Waals surface area contributed by atoms with Gasteiger partial charge in [0.15, 0.2) is 11.5 Å². The van der Waals surface area contributed by atoms with Crippen molar-refractivity contribution in [1.29, 1.82) is 0 Å². The van der Waals surface area contributed by atoms with Gasteiger partial charge in [-0.05, 0) is 61.2 Å². The lowest BCUT2D eigenvalue weighted by Gasteiger charge is -2.57. The van der Waals surface area contributed by atoms with Crippen LogP contribution in [0, 0.1) is 6.92 Å². The third kappa shape index (κ3) is 4.14. The Morgan fingerprint density at radius 3 is 2.56 bits per heavy atom. The predicted octanol–water partition coefficient (Wildman–Crippen LogP) is 4.46. The molecule has 6 nitrogen and oxygen atoms in total. The van der Waals surface area contributed by atoms with E-state index in [2.05, 4.69) is 60.4 Å². The van der Waals surface area contributed by atoms with Crippen molar-refractivity contribution in [1.82, 2.24) is 9.80 Å². The molecule has 0 bridgehead atoms. The second-order valence-corrected chi connectivity index (χ2v) is 10.1. The average molecular weight is 485 g/mol. The molecule has 3 aromatic rings. The molecule has 1 N–H and O–H groups in total. The summed E-state index contributed by atoms with van der Waals surface area (Å²) in [6, 6.07) is 23.0. The van der Waals surface area contributed by atoms with Gasteiger partial charge < -0.3 is 19.5 Å². The number of ether oxygens (including phenoxy) is 2. The minimum atomic E-state index is 0.0242. The largest absolute Gasteiger partial charge is 0.454 e. The monoisotopic (exact) mass is 484 g/mol. The summed E-state index contributed by atoms with van der Waals surface area (Å²) in [7, 11) is 0. The molecule has 3 aliphatic heterocycles. The number of nitrogens with zero attached hydrogens (tertiary/aromatic N) is 2. The number of rotatable bonds is 4. The van der Waals surface area contributed by atoms with Gasteiger partial charge in [0.05, 0.1) is 6.61 Å². The zero-order valence-electron chi connectivity index (χ0n) is 20.6. The third-order valence-electron chi connectivity index (χ3n) is 7.92. The smallest absolute Gasteiger partial charge is 0.254 e. The zero-order chi connectivity index (χ0) is 24.6. The molecule has 0 saturated carbocycles. The molecule has 6 rings (SSSR count). The summed E-state index contributed by atoms with van der Waals surface area (Å²) >= 11 is 0. The number of carbonyl (C=O) groups excluding carboxylic acids is 1. The average Bonchev–Trinajstić information content (AvgIpc) is 3.36. The van der Waals surface area contributed by atoms with Crippen LogP contribution in [0.3, 0.4) is 0 Å². The number of carbonyl (C=O) groups is 1. The number of amides is 1. The maximum atomic E-state index is 13.5. The van der Waals surface area contributed by atoms with E-state index in [1.165, 1.54) is 22.3 Å². The normalized spacial score (nSPS) is 23.4. The number of hydrogen-bond donors (Lipinski definition) is 1. The molecule has 3 aromatic carbocycles. The predicted molar refractivity (Wildman–Crippen MR) is 138 cm³/mol. The molecule has 0 aromatic heterocycles. The van der Waals surface area contributed by atoms with Gasteiger partial charge in [-0.25, -0.2) is 0 Å². The van der Waals surface area contributed by atoms with Crippen molar-refractivity contribution in [2.24, 2.45) is 0 Å². The van der Waals surface area contributed by atoms with Crippen LogP contribution in [0.5, 0.6) is 11.5 Å². The van der Waals surface area contributed by atoms with Gasteiger partial charge in [-0.3, -0.25) is 9.69 Å². The Labute approximate surface area is 212 Å². The van der Waals surface area contributed by atoms with Gasteiger partial charge in [0.2, 0.25) is 6.79 Å². The molecular formula is C30H32N2O4. The molecule has 3 atom stereocenters. The molecule has 0 aliphatic carbocycles. The molecule has 0 unspecified atom stereocenters. The number of aliphatic hydroxyl groups is 1. The first kappa shape index (κ1) is 23.1. The highest BCUT2D eigenvalue weighted by atomic mass is 16.7. The van der Waals surface area contributed by atoms with E-state index < -0.39 is 0 Å². The lowest BCUT2D eigenvalue weighted by atomic mass is 9.74. The van der Waals surface area contributed by atoms with E-state index in [0.29, 0.717) is 23.6 Å². The number of fused-ring (bicyclic) bond motifs is 2. The molecule has 2 fully saturated rings. The van der Waals surface area contributed by atoms with Crippen LogP contribution < -0.4 is 9.47 Å². The van der Waals surface area contributed by atoms with E-state index in [1.54, 1.807) is 6.07 Å². The molecular weight excluding hydrogens is 452 g/mol. The summed E-state index contributed by atoms with van der Waals surface area (Å²) in [6.07, 6.45) is 1.96. The first-order valence-electron chi connectivity index (χ1n) is 12.8. The van der Waals surface area contributed by atoms with Gasteiger partial charge in [-0.1, -0.05) is 54.1 Å². The van der Waals surface area contributed by atoms with E-state index >= 15 is 0 Å². The topological polar surface area (TPSA) is 62.2 Å². The first-order chi connectivity index (χ1) is 17.6. The summed E-state index contributed by atoms with van der Waals surface area (Å²) in [5, 5.41) is 10.3. The van der Waals surface area contributed by atoms with Crippen molar-refractivity contribution >= 4 is 5.91 Å². The Hall–Kier alpha value is -3.35. The fourth-order valence-corrected chi connectivity index (χ4v) is 6.06. The van der Waals surface area contributed by atoms with E-state index in [4.69, 9.17) is 9.47 Å². The van der Waals surface area contributed by atoms with E-state index in [0.717, 1.165) is 25.9 Å². The molecule has 0 radical (unpaired) electrons. The summed E-state index contributed by atoms with van der Waals surface area (Å²) in [6.45, 7) is 4.77. The molecule has 0 spiro atoms.